The Hall–Kier alpha value is -6.42. The van der Waals surface area contributed by atoms with E-state index in [0.717, 1.165) is 55.9 Å². The van der Waals surface area contributed by atoms with Crippen LogP contribution in [0.25, 0.3) is 27.6 Å². The fraction of sp³-hybridized carbons (Fsp3) is 0.314. The van der Waals surface area contributed by atoms with E-state index in [-0.39, 0.29) is 48.1 Å². The predicted octanol–water partition coefficient (Wildman–Crippen LogP) is 18.8. The van der Waals surface area contributed by atoms with E-state index >= 15 is 0 Å². The molecule has 0 aliphatic carbocycles. The molecule has 0 saturated heterocycles. The van der Waals surface area contributed by atoms with E-state index in [4.69, 9.17) is 9.72 Å². The van der Waals surface area contributed by atoms with Crippen molar-refractivity contribution in [3.05, 3.63) is 221 Å². The molecule has 76 heavy (non-hydrogen) atoms. The molecule has 0 radical (unpaired) electrons. The number of para-hydroxylation sites is 1. The number of anilines is 4. The molecule has 1 aliphatic rings. The van der Waals surface area contributed by atoms with Gasteiger partial charge in [-0.1, -0.05) is 207 Å². The molecule has 0 atom stereocenters. The third-order valence-electron chi connectivity index (χ3n) is 15.7. The molecule has 0 fully saturated rings. The van der Waals surface area contributed by atoms with E-state index in [1.807, 2.05) is 12.3 Å². The molecule has 0 saturated carbocycles. The van der Waals surface area contributed by atoms with Crippen molar-refractivity contribution in [2.75, 3.05) is 9.80 Å². The van der Waals surface area contributed by atoms with Crippen LogP contribution in [-0.4, -0.2) is 9.55 Å². The normalized spacial score (nSPS) is 13.6. The van der Waals surface area contributed by atoms with Gasteiger partial charge in [0.05, 0.1) is 0 Å². The maximum Gasteiger partial charge on any atom is 0.135 e. The van der Waals surface area contributed by atoms with Crippen LogP contribution in [0.2, 0.25) is 0 Å². The maximum atomic E-state index is 7.11. The van der Waals surface area contributed by atoms with Crippen molar-refractivity contribution in [3.8, 4) is 17.3 Å². The average Bonchev–Trinajstić information content (AvgIpc) is 3.93. The van der Waals surface area contributed by atoms with Gasteiger partial charge in [-0.3, -0.25) is 0 Å². The van der Waals surface area contributed by atoms with Gasteiger partial charge in [0, 0.05) is 66.8 Å². The van der Waals surface area contributed by atoms with Crippen LogP contribution < -0.4 is 14.5 Å². The van der Waals surface area contributed by atoms with Gasteiger partial charge in [-0.25, -0.2) is 4.98 Å². The first-order valence-corrected chi connectivity index (χ1v) is 26.8. The number of fused-ring (bicyclic) bond motifs is 4. The minimum Gasteiger partial charge on any atom is -0.509 e. The van der Waals surface area contributed by atoms with Crippen LogP contribution in [0, 0.1) is 18.8 Å². The van der Waals surface area contributed by atoms with Crippen LogP contribution in [0.1, 0.15) is 155 Å². The molecule has 6 heteroatoms. The van der Waals surface area contributed by atoms with Gasteiger partial charge in [0.2, 0.25) is 0 Å². The molecule has 0 amide bonds. The summed E-state index contributed by atoms with van der Waals surface area (Å²) in [6.45, 7) is 39.2. The van der Waals surface area contributed by atoms with E-state index < -0.39 is 5.41 Å². The number of benzene rings is 7. The zero-order valence-electron chi connectivity index (χ0n) is 47.6. The second kappa shape index (κ2) is 19.5. The number of ether oxygens (including phenoxy) is 1. The molecular formula is C70H75N4OPt-3. The monoisotopic (exact) mass is 1180 g/mol. The Labute approximate surface area is 468 Å². The molecule has 394 valence electrons. The summed E-state index contributed by atoms with van der Waals surface area (Å²) in [5.74, 6) is 2.05. The van der Waals surface area contributed by atoms with Gasteiger partial charge in [0.25, 0.3) is 0 Å². The van der Waals surface area contributed by atoms with Gasteiger partial charge in [0.15, 0.2) is 0 Å². The van der Waals surface area contributed by atoms with Gasteiger partial charge in [0.1, 0.15) is 5.82 Å². The van der Waals surface area contributed by atoms with E-state index in [1.165, 1.54) is 38.9 Å². The Morgan fingerprint density at radius 2 is 1.01 bits per heavy atom. The molecule has 0 bridgehead atoms. The Kier molecular flexibility index (Phi) is 14.0. The minimum absolute atomic E-state index is 0. The van der Waals surface area contributed by atoms with Crippen molar-refractivity contribution in [2.45, 2.75) is 143 Å². The number of hydrogen-bond donors (Lipinski definition) is 0. The molecule has 2 aromatic heterocycles. The van der Waals surface area contributed by atoms with E-state index in [0.29, 0.717) is 11.5 Å². The second-order valence-corrected chi connectivity index (χ2v) is 26.0. The molecular weight excluding hydrogens is 1110 g/mol. The van der Waals surface area contributed by atoms with Crippen molar-refractivity contribution in [3.63, 3.8) is 0 Å². The van der Waals surface area contributed by atoms with Crippen molar-refractivity contribution in [1.82, 2.24) is 9.55 Å². The molecule has 0 spiro atoms. The Morgan fingerprint density at radius 3 is 1.62 bits per heavy atom. The average molecular weight is 1180 g/mol. The summed E-state index contributed by atoms with van der Waals surface area (Å²) in [6, 6.07) is 62.8. The molecule has 3 heterocycles. The van der Waals surface area contributed by atoms with Gasteiger partial charge in [-0.15, -0.1) is 48.3 Å². The van der Waals surface area contributed by atoms with Crippen molar-refractivity contribution in [1.29, 1.82) is 0 Å². The van der Waals surface area contributed by atoms with Crippen LogP contribution in [0.4, 0.5) is 22.7 Å². The summed E-state index contributed by atoms with van der Waals surface area (Å²) >= 11 is 0. The molecule has 10 rings (SSSR count). The number of pyridine rings is 1. The zero-order chi connectivity index (χ0) is 53.6. The van der Waals surface area contributed by atoms with E-state index in [1.54, 1.807) is 0 Å². The zero-order valence-corrected chi connectivity index (χ0v) is 49.9. The first-order chi connectivity index (χ1) is 35.2. The summed E-state index contributed by atoms with van der Waals surface area (Å²) in [6.07, 6.45) is 1.93. The van der Waals surface area contributed by atoms with Crippen LogP contribution in [0.3, 0.4) is 0 Å². The Bertz CT molecular complexity index is 3600. The minimum atomic E-state index is -0.414. The van der Waals surface area contributed by atoms with E-state index in [9.17, 15) is 0 Å². The first kappa shape index (κ1) is 54.4. The van der Waals surface area contributed by atoms with Crippen molar-refractivity contribution in [2.24, 2.45) is 0 Å². The smallest absolute Gasteiger partial charge is 0.135 e. The van der Waals surface area contributed by atoms with E-state index in [2.05, 4.69) is 290 Å². The summed E-state index contributed by atoms with van der Waals surface area (Å²) in [7, 11) is 0. The summed E-state index contributed by atoms with van der Waals surface area (Å²) in [5, 5.41) is 2.28. The summed E-state index contributed by atoms with van der Waals surface area (Å²) in [5.41, 5.74) is 15.2. The second-order valence-electron chi connectivity index (χ2n) is 26.0. The van der Waals surface area contributed by atoms with Gasteiger partial charge in [-0.2, -0.15) is 6.07 Å². The molecule has 1 aliphatic heterocycles. The Balaban J connectivity index is 0.00000706. The number of hydrogen-bond acceptors (Lipinski definition) is 4. The predicted molar refractivity (Wildman–Crippen MR) is 316 cm³/mol. The van der Waals surface area contributed by atoms with Gasteiger partial charge >= 0.3 is 0 Å². The third kappa shape index (κ3) is 10.1. The fourth-order valence-electron chi connectivity index (χ4n) is 11.0. The van der Waals surface area contributed by atoms with Gasteiger partial charge < -0.3 is 19.1 Å². The maximum absolute atomic E-state index is 7.11. The van der Waals surface area contributed by atoms with Crippen LogP contribution >= 0.6 is 0 Å². The van der Waals surface area contributed by atoms with Crippen molar-refractivity contribution >= 4 is 44.6 Å². The largest absolute Gasteiger partial charge is 0.509 e. The molecule has 0 N–H and O–H groups in total. The molecule has 0 unspecified atom stereocenters. The SMILES string of the molecule is CC(C)(C)c1cc(N2[CH-]N(c3[c-]c(Oc4[c-]c5c(c(C(C)(C)c6ccccc6)c4)c4ccccc4n5-c4cc(C(C)(C)C)ccn4)ccc3)c3cc(C(C)(C)C)c(C(C)(C)C)cc32)cc(C(C)(C)c2ccccc2)c1.[Pt]. The van der Waals surface area contributed by atoms with Crippen LogP contribution in [-0.2, 0) is 53.6 Å². The first-order valence-electron chi connectivity index (χ1n) is 26.8. The molecule has 9 aromatic rings. The molecule has 5 nitrogen and oxygen atoms in total. The number of rotatable bonds is 9. The quantitative estimate of drug-likeness (QED) is 0.135. The van der Waals surface area contributed by atoms with Crippen LogP contribution in [0.5, 0.6) is 11.5 Å². The number of nitrogens with zero attached hydrogens (tertiary/aromatic N) is 4. The topological polar surface area (TPSA) is 33.5 Å². The van der Waals surface area contributed by atoms with Crippen LogP contribution in [0.15, 0.2) is 158 Å². The van der Waals surface area contributed by atoms with Gasteiger partial charge in [-0.05, 0) is 114 Å². The summed E-state index contributed by atoms with van der Waals surface area (Å²) < 4.78 is 9.38. The third-order valence-corrected chi connectivity index (χ3v) is 15.7. The fourth-order valence-corrected chi connectivity index (χ4v) is 11.0. The molecule has 7 aromatic carbocycles. The number of aromatic nitrogens is 2. The Morgan fingerprint density at radius 1 is 0.447 bits per heavy atom. The standard InChI is InChI=1S/C70H75N4O.Pt/c1-65(2,3)48-34-35-71-63(39-48)74-59-33-24-23-32-55(59)64-58(70(15,16)47-28-21-18-22-29-47)41-54(42-62(64)74)75-53-31-25-30-51(40-53)72-45-73(61-44-57(68(10,11)12)56(43-60(61)72)67(7,8)9)52-37-49(66(4,5)6)36-50(38-52)69(13,14)46-26-19-17-20-27-46;/h17-39,41,43-45H,1-16H3;/q-3;. The summed E-state index contributed by atoms with van der Waals surface area (Å²) in [4.78, 5) is 9.74. The van der Waals surface area contributed by atoms with Crippen molar-refractivity contribution < 1.29 is 25.8 Å².